The van der Waals surface area contributed by atoms with E-state index in [0.717, 1.165) is 44.0 Å². The number of para-hydroxylation sites is 1. The van der Waals surface area contributed by atoms with E-state index in [0.29, 0.717) is 5.92 Å². The monoisotopic (exact) mass is 331 g/mol. The van der Waals surface area contributed by atoms with Crippen molar-refractivity contribution < 1.29 is 9.53 Å². The SMILES string of the molecule is CC1(C)CN(Cc2ccccc2OCC(=O)NCC2CC2)CCN1. The molecule has 5 nitrogen and oxygen atoms in total. The van der Waals surface area contributed by atoms with E-state index in [1.54, 1.807) is 0 Å². The molecule has 1 aromatic rings. The van der Waals surface area contributed by atoms with Crippen molar-refractivity contribution in [2.45, 2.75) is 38.8 Å². The van der Waals surface area contributed by atoms with Crippen molar-refractivity contribution in [2.24, 2.45) is 5.92 Å². The second kappa shape index (κ2) is 7.53. The van der Waals surface area contributed by atoms with Gasteiger partial charge in [-0.15, -0.1) is 0 Å². The number of ether oxygens (including phenoxy) is 1. The summed E-state index contributed by atoms with van der Waals surface area (Å²) in [4.78, 5) is 14.3. The molecule has 2 aliphatic rings. The highest BCUT2D eigenvalue weighted by molar-refractivity contribution is 5.77. The molecule has 1 amide bonds. The van der Waals surface area contributed by atoms with E-state index < -0.39 is 0 Å². The quantitative estimate of drug-likeness (QED) is 0.800. The van der Waals surface area contributed by atoms with E-state index >= 15 is 0 Å². The van der Waals surface area contributed by atoms with Gasteiger partial charge < -0.3 is 15.4 Å². The van der Waals surface area contributed by atoms with Crippen molar-refractivity contribution in [1.29, 1.82) is 0 Å². The Kier molecular flexibility index (Phi) is 5.41. The van der Waals surface area contributed by atoms with Gasteiger partial charge in [0.05, 0.1) is 0 Å². The third-order valence-electron chi connectivity index (χ3n) is 4.66. The van der Waals surface area contributed by atoms with Crippen molar-refractivity contribution in [3.63, 3.8) is 0 Å². The van der Waals surface area contributed by atoms with Crippen LogP contribution in [0.15, 0.2) is 24.3 Å². The van der Waals surface area contributed by atoms with Crippen LogP contribution in [0.1, 0.15) is 32.3 Å². The fourth-order valence-electron chi connectivity index (χ4n) is 3.17. The minimum Gasteiger partial charge on any atom is -0.483 e. The molecule has 132 valence electrons. The maximum Gasteiger partial charge on any atom is 0.257 e. The second-order valence-electron chi connectivity index (χ2n) is 7.67. The Hall–Kier alpha value is -1.59. The van der Waals surface area contributed by atoms with Gasteiger partial charge in [-0.2, -0.15) is 0 Å². The third-order valence-corrected chi connectivity index (χ3v) is 4.66. The molecule has 0 aromatic heterocycles. The van der Waals surface area contributed by atoms with Gasteiger partial charge in [0.25, 0.3) is 5.91 Å². The van der Waals surface area contributed by atoms with Crippen molar-refractivity contribution in [2.75, 3.05) is 32.8 Å². The lowest BCUT2D eigenvalue weighted by atomic mass is 10.0. The third kappa shape index (κ3) is 5.21. The summed E-state index contributed by atoms with van der Waals surface area (Å²) in [6.45, 7) is 9.22. The largest absolute Gasteiger partial charge is 0.483 e. The maximum atomic E-state index is 11.9. The van der Waals surface area contributed by atoms with Crippen LogP contribution in [0.3, 0.4) is 0 Å². The molecular formula is C19H29N3O2. The molecule has 0 atom stereocenters. The smallest absolute Gasteiger partial charge is 0.257 e. The highest BCUT2D eigenvalue weighted by Gasteiger charge is 2.26. The van der Waals surface area contributed by atoms with Gasteiger partial charge in [-0.3, -0.25) is 9.69 Å². The fourth-order valence-corrected chi connectivity index (χ4v) is 3.17. The van der Waals surface area contributed by atoms with Crippen molar-refractivity contribution in [1.82, 2.24) is 15.5 Å². The fraction of sp³-hybridized carbons (Fsp3) is 0.632. The summed E-state index contributed by atoms with van der Waals surface area (Å²) in [7, 11) is 0. The minimum atomic E-state index is -0.0278. The molecular weight excluding hydrogens is 302 g/mol. The zero-order valence-corrected chi connectivity index (χ0v) is 14.8. The first-order chi connectivity index (χ1) is 11.5. The zero-order valence-electron chi connectivity index (χ0n) is 14.8. The van der Waals surface area contributed by atoms with Gasteiger partial charge in [-0.05, 0) is 38.7 Å². The van der Waals surface area contributed by atoms with E-state index in [2.05, 4.69) is 35.4 Å². The summed E-state index contributed by atoms with van der Waals surface area (Å²) >= 11 is 0. The highest BCUT2D eigenvalue weighted by atomic mass is 16.5. The number of carbonyl (C=O) groups excluding carboxylic acids is 1. The molecule has 24 heavy (non-hydrogen) atoms. The van der Waals surface area contributed by atoms with Gasteiger partial charge >= 0.3 is 0 Å². The number of hydrogen-bond donors (Lipinski definition) is 2. The number of amides is 1. The molecule has 1 aliphatic carbocycles. The van der Waals surface area contributed by atoms with Crippen LogP contribution in [-0.2, 0) is 11.3 Å². The van der Waals surface area contributed by atoms with E-state index in [1.807, 2.05) is 18.2 Å². The number of piperazine rings is 1. The van der Waals surface area contributed by atoms with Crippen LogP contribution in [0.25, 0.3) is 0 Å². The van der Waals surface area contributed by atoms with Crippen LogP contribution < -0.4 is 15.4 Å². The normalized spacial score (nSPS) is 20.6. The Morgan fingerprint density at radius 2 is 2.17 bits per heavy atom. The molecule has 1 saturated carbocycles. The van der Waals surface area contributed by atoms with Gasteiger partial charge in [-0.25, -0.2) is 0 Å². The maximum absolute atomic E-state index is 11.9. The molecule has 1 saturated heterocycles. The van der Waals surface area contributed by atoms with Crippen LogP contribution in [0.5, 0.6) is 5.75 Å². The summed E-state index contributed by atoms with van der Waals surface area (Å²) in [5.74, 6) is 1.48. The van der Waals surface area contributed by atoms with E-state index in [1.165, 1.54) is 12.8 Å². The molecule has 0 spiro atoms. The van der Waals surface area contributed by atoms with Crippen LogP contribution in [-0.4, -0.2) is 49.1 Å². The number of nitrogens with zero attached hydrogens (tertiary/aromatic N) is 1. The Morgan fingerprint density at radius 3 is 2.92 bits per heavy atom. The molecule has 1 aromatic carbocycles. The first-order valence-electron chi connectivity index (χ1n) is 8.97. The Morgan fingerprint density at radius 1 is 1.38 bits per heavy atom. The van der Waals surface area contributed by atoms with Crippen molar-refractivity contribution in [3.05, 3.63) is 29.8 Å². The number of benzene rings is 1. The standard InChI is InChI=1S/C19H29N3O2/c1-19(2)14-22(10-9-21-19)12-16-5-3-4-6-17(16)24-13-18(23)20-11-15-7-8-15/h3-6,15,21H,7-14H2,1-2H3,(H,20,23). The lowest BCUT2D eigenvalue weighted by molar-refractivity contribution is -0.123. The molecule has 2 fully saturated rings. The second-order valence-corrected chi connectivity index (χ2v) is 7.67. The molecule has 0 bridgehead atoms. The van der Waals surface area contributed by atoms with Crippen molar-refractivity contribution >= 4 is 5.91 Å². The summed E-state index contributed by atoms with van der Waals surface area (Å²) in [5, 5.41) is 6.47. The molecule has 2 N–H and O–H groups in total. The first kappa shape index (κ1) is 17.2. The number of rotatable bonds is 7. The number of nitrogens with one attached hydrogen (secondary N) is 2. The van der Waals surface area contributed by atoms with Gasteiger partial charge in [0, 0.05) is 43.8 Å². The predicted octanol–water partition coefficient (Wildman–Crippen LogP) is 1.78. The predicted molar refractivity (Wildman–Crippen MR) is 95.0 cm³/mol. The summed E-state index contributed by atoms with van der Waals surface area (Å²) in [6, 6.07) is 8.04. The number of hydrogen-bond acceptors (Lipinski definition) is 4. The Labute approximate surface area is 144 Å². The molecule has 1 heterocycles. The van der Waals surface area contributed by atoms with E-state index in [-0.39, 0.29) is 18.1 Å². The molecule has 3 rings (SSSR count). The molecule has 5 heteroatoms. The lowest BCUT2D eigenvalue weighted by Crippen LogP contribution is -2.56. The topological polar surface area (TPSA) is 53.6 Å². The van der Waals surface area contributed by atoms with Gasteiger partial charge in [-0.1, -0.05) is 18.2 Å². The molecule has 1 aliphatic heterocycles. The Bertz CT molecular complexity index is 569. The summed E-state index contributed by atoms with van der Waals surface area (Å²) < 4.78 is 5.79. The van der Waals surface area contributed by atoms with Crippen molar-refractivity contribution in [3.8, 4) is 5.75 Å². The minimum absolute atomic E-state index is 0.0278. The zero-order chi connectivity index (χ0) is 17.0. The Balaban J connectivity index is 1.53. The van der Waals surface area contributed by atoms with Gasteiger partial charge in [0.15, 0.2) is 6.61 Å². The van der Waals surface area contributed by atoms with Gasteiger partial charge in [0.1, 0.15) is 5.75 Å². The summed E-state index contributed by atoms with van der Waals surface area (Å²) in [6.07, 6.45) is 2.48. The summed E-state index contributed by atoms with van der Waals surface area (Å²) in [5.41, 5.74) is 1.28. The molecule has 0 unspecified atom stereocenters. The number of carbonyl (C=O) groups is 1. The van der Waals surface area contributed by atoms with Gasteiger partial charge in [0.2, 0.25) is 0 Å². The first-order valence-corrected chi connectivity index (χ1v) is 8.97. The average Bonchev–Trinajstić information content (AvgIpc) is 3.35. The lowest BCUT2D eigenvalue weighted by Gasteiger charge is -2.39. The van der Waals surface area contributed by atoms with Crippen LogP contribution in [0.4, 0.5) is 0 Å². The van der Waals surface area contributed by atoms with Crippen LogP contribution in [0.2, 0.25) is 0 Å². The van der Waals surface area contributed by atoms with Crippen LogP contribution >= 0.6 is 0 Å². The average molecular weight is 331 g/mol. The highest BCUT2D eigenvalue weighted by Crippen LogP contribution is 2.27. The van der Waals surface area contributed by atoms with E-state index in [4.69, 9.17) is 4.74 Å². The van der Waals surface area contributed by atoms with Crippen LogP contribution in [0, 0.1) is 5.92 Å². The molecule has 0 radical (unpaired) electrons. The van der Waals surface area contributed by atoms with E-state index in [9.17, 15) is 4.79 Å².